The highest BCUT2D eigenvalue weighted by atomic mass is 19.4. The lowest BCUT2D eigenvalue weighted by atomic mass is 9.80. The molecular formula is C27H31F6N5O4. The third-order valence-corrected chi connectivity index (χ3v) is 6.95. The maximum Gasteiger partial charge on any atom is 0.401 e. The zero-order valence-corrected chi connectivity index (χ0v) is 23.4. The van der Waals surface area contributed by atoms with Crippen LogP contribution in [0.3, 0.4) is 0 Å². The maximum absolute atomic E-state index is 15.3. The second-order valence-corrected chi connectivity index (χ2v) is 10.6. The molecule has 0 saturated carbocycles. The molecule has 15 heteroatoms. The number of anilines is 1. The van der Waals surface area contributed by atoms with Gasteiger partial charge in [-0.15, -0.1) is 0 Å². The molecule has 1 aliphatic carbocycles. The Balaban J connectivity index is 1.89. The minimum atomic E-state index is -4.51. The fourth-order valence-electron chi connectivity index (χ4n) is 4.92. The van der Waals surface area contributed by atoms with Crippen molar-refractivity contribution < 1.29 is 45.4 Å². The molecule has 1 aromatic carbocycles. The third-order valence-electron chi connectivity index (χ3n) is 6.95. The number of hydrogen-bond acceptors (Lipinski definition) is 7. The molecule has 1 unspecified atom stereocenters. The molecule has 0 spiro atoms. The van der Waals surface area contributed by atoms with Crippen molar-refractivity contribution in [1.29, 1.82) is 0 Å². The molecule has 1 aromatic heterocycles. The van der Waals surface area contributed by atoms with Crippen LogP contribution in [-0.2, 0) is 21.4 Å². The summed E-state index contributed by atoms with van der Waals surface area (Å²) in [6.07, 6.45) is -4.12. The molecular weight excluding hydrogens is 572 g/mol. The highest BCUT2D eigenvalue weighted by Crippen LogP contribution is 2.34. The van der Waals surface area contributed by atoms with Gasteiger partial charge < -0.3 is 15.4 Å². The molecule has 2 amide bonds. The lowest BCUT2D eigenvalue weighted by Gasteiger charge is -2.31. The van der Waals surface area contributed by atoms with Crippen LogP contribution >= 0.6 is 0 Å². The minimum absolute atomic E-state index is 0.106. The molecule has 2 aromatic rings. The van der Waals surface area contributed by atoms with Crippen LogP contribution in [0.15, 0.2) is 28.4 Å². The number of hydrogen-bond donors (Lipinski definition) is 2. The predicted octanol–water partition coefficient (Wildman–Crippen LogP) is 4.51. The van der Waals surface area contributed by atoms with Crippen LogP contribution < -0.4 is 10.6 Å². The number of rotatable bonds is 11. The molecule has 3 rings (SSSR count). The molecule has 0 aliphatic heterocycles. The van der Waals surface area contributed by atoms with Crippen molar-refractivity contribution >= 4 is 23.8 Å². The van der Waals surface area contributed by atoms with Gasteiger partial charge in [-0.05, 0) is 67.7 Å². The van der Waals surface area contributed by atoms with E-state index in [1.807, 2.05) is 0 Å². The molecule has 0 saturated heterocycles. The van der Waals surface area contributed by atoms with Gasteiger partial charge in [-0.3, -0.25) is 14.5 Å². The quantitative estimate of drug-likeness (QED) is 0.221. The standard InChI is InChI=1S/C27H31F6N5O4/c1-5-19-22(37-42-36-19)24(41)35-21(16-6-8-26(29,30)9-7-16)23(40)34-20-10-15(2)17(11-18(20)28)25(3,14-39)12-38(4)13-27(31,32)33/h6,10-11,14,21H,5,7-9,12-13H2,1-4H3,(H,34,40)(H,35,41)/t21-,25?/m0/s1. The number of nitrogens with one attached hydrogen (secondary N) is 2. The number of aryl methyl sites for hydroxylation is 2. The maximum atomic E-state index is 15.3. The summed E-state index contributed by atoms with van der Waals surface area (Å²) in [6, 6.07) is 0.668. The van der Waals surface area contributed by atoms with Crippen molar-refractivity contribution in [2.45, 2.75) is 70.0 Å². The van der Waals surface area contributed by atoms with Gasteiger partial charge in [0.1, 0.15) is 23.8 Å². The number of halogens is 6. The van der Waals surface area contributed by atoms with E-state index >= 15 is 4.39 Å². The number of likely N-dealkylation sites (N-methyl/N-ethyl adjacent to an activating group) is 1. The van der Waals surface area contributed by atoms with Crippen molar-refractivity contribution in [2.75, 3.05) is 25.5 Å². The van der Waals surface area contributed by atoms with Gasteiger partial charge >= 0.3 is 6.18 Å². The zero-order valence-electron chi connectivity index (χ0n) is 23.4. The first-order valence-electron chi connectivity index (χ1n) is 13.0. The number of benzene rings is 1. The van der Waals surface area contributed by atoms with E-state index in [-0.39, 0.29) is 47.6 Å². The molecule has 2 atom stereocenters. The van der Waals surface area contributed by atoms with E-state index in [4.69, 9.17) is 0 Å². The molecule has 0 fully saturated rings. The Morgan fingerprint density at radius 2 is 1.90 bits per heavy atom. The van der Waals surface area contributed by atoms with E-state index < -0.39 is 60.6 Å². The van der Waals surface area contributed by atoms with E-state index in [0.29, 0.717) is 11.8 Å². The van der Waals surface area contributed by atoms with Crippen molar-refractivity contribution in [1.82, 2.24) is 20.5 Å². The van der Waals surface area contributed by atoms with E-state index in [1.165, 1.54) is 27.0 Å². The topological polar surface area (TPSA) is 117 Å². The smallest absolute Gasteiger partial charge is 0.335 e. The van der Waals surface area contributed by atoms with Crippen LogP contribution in [0.1, 0.15) is 60.4 Å². The number of carbonyl (C=O) groups is 3. The van der Waals surface area contributed by atoms with Crippen molar-refractivity contribution in [3.8, 4) is 0 Å². The van der Waals surface area contributed by atoms with Crippen LogP contribution in [0.2, 0.25) is 0 Å². The first kappa shape index (κ1) is 32.8. The highest BCUT2D eigenvalue weighted by molar-refractivity contribution is 6.02. The van der Waals surface area contributed by atoms with Crippen molar-refractivity contribution in [3.05, 3.63) is 52.1 Å². The minimum Gasteiger partial charge on any atom is -0.335 e. The van der Waals surface area contributed by atoms with Gasteiger partial charge in [-0.25, -0.2) is 17.8 Å². The molecule has 2 N–H and O–H groups in total. The summed E-state index contributed by atoms with van der Waals surface area (Å²) >= 11 is 0. The van der Waals surface area contributed by atoms with E-state index in [2.05, 4.69) is 25.6 Å². The number of nitrogens with zero attached hydrogens (tertiary/aromatic N) is 3. The van der Waals surface area contributed by atoms with Gasteiger partial charge in [-0.1, -0.05) is 18.2 Å². The summed E-state index contributed by atoms with van der Waals surface area (Å²) in [5.41, 5.74) is -1.30. The number of carbonyl (C=O) groups excluding carboxylic acids is 3. The normalized spacial score (nSPS) is 17.3. The predicted molar refractivity (Wildman–Crippen MR) is 139 cm³/mol. The number of alkyl halides is 5. The largest absolute Gasteiger partial charge is 0.401 e. The van der Waals surface area contributed by atoms with E-state index in [9.17, 15) is 36.3 Å². The molecule has 0 radical (unpaired) electrons. The Bertz CT molecular complexity index is 1360. The average Bonchev–Trinajstić information content (AvgIpc) is 3.37. The van der Waals surface area contributed by atoms with Gasteiger partial charge in [0.05, 0.1) is 17.6 Å². The van der Waals surface area contributed by atoms with Gasteiger partial charge in [0.15, 0.2) is 5.69 Å². The zero-order chi connectivity index (χ0) is 31.5. The number of allylic oxidation sites excluding steroid dienone is 1. The number of aldehydes is 1. The Morgan fingerprint density at radius 3 is 2.48 bits per heavy atom. The van der Waals surface area contributed by atoms with Crippen LogP contribution in [0.5, 0.6) is 0 Å². The number of aromatic nitrogens is 2. The summed E-state index contributed by atoms with van der Waals surface area (Å²) in [7, 11) is 1.18. The summed E-state index contributed by atoms with van der Waals surface area (Å²) < 4.78 is 86.0. The Hall–Kier alpha value is -3.75. The first-order chi connectivity index (χ1) is 19.5. The summed E-state index contributed by atoms with van der Waals surface area (Å²) in [6.45, 7) is 2.89. The Labute approximate surface area is 237 Å². The third kappa shape index (κ3) is 7.95. The van der Waals surface area contributed by atoms with Crippen LogP contribution in [-0.4, -0.2) is 71.6 Å². The Morgan fingerprint density at radius 1 is 1.21 bits per heavy atom. The summed E-state index contributed by atoms with van der Waals surface area (Å²) in [5.74, 6) is -5.79. The van der Waals surface area contributed by atoms with Crippen molar-refractivity contribution in [2.24, 2.45) is 0 Å². The molecule has 42 heavy (non-hydrogen) atoms. The fourth-order valence-corrected chi connectivity index (χ4v) is 4.92. The van der Waals surface area contributed by atoms with Gasteiger partial charge in [0.25, 0.3) is 17.7 Å². The molecule has 0 bridgehead atoms. The fraction of sp³-hybridized carbons (Fsp3) is 0.519. The SMILES string of the molecule is CCc1nonc1C(=O)N[C@H](C(=O)Nc1cc(C)c(C(C)(C=O)CN(C)CC(F)(F)F)cc1F)C1=CCC(F)(F)CC1. The molecule has 1 aliphatic rings. The summed E-state index contributed by atoms with van der Waals surface area (Å²) in [5, 5.41) is 11.9. The highest BCUT2D eigenvalue weighted by Gasteiger charge is 2.38. The molecule has 230 valence electrons. The van der Waals surface area contributed by atoms with E-state index in [1.54, 1.807) is 6.92 Å². The second-order valence-electron chi connectivity index (χ2n) is 10.6. The van der Waals surface area contributed by atoms with Crippen LogP contribution in [0, 0.1) is 12.7 Å². The number of amides is 2. The van der Waals surface area contributed by atoms with Crippen molar-refractivity contribution in [3.63, 3.8) is 0 Å². The van der Waals surface area contributed by atoms with Crippen LogP contribution in [0.25, 0.3) is 0 Å². The first-order valence-corrected chi connectivity index (χ1v) is 13.0. The summed E-state index contributed by atoms with van der Waals surface area (Å²) in [4.78, 5) is 39.1. The Kier molecular flexibility index (Phi) is 9.85. The molecule has 9 nitrogen and oxygen atoms in total. The molecule has 1 heterocycles. The van der Waals surface area contributed by atoms with E-state index in [0.717, 1.165) is 17.0 Å². The second kappa shape index (κ2) is 12.6. The van der Waals surface area contributed by atoms with Gasteiger partial charge in [0.2, 0.25) is 0 Å². The van der Waals surface area contributed by atoms with Gasteiger partial charge in [0, 0.05) is 19.4 Å². The lowest BCUT2D eigenvalue weighted by Crippen LogP contribution is -2.46. The van der Waals surface area contributed by atoms with Crippen LogP contribution in [0.4, 0.5) is 32.0 Å². The monoisotopic (exact) mass is 603 g/mol. The average molecular weight is 604 g/mol. The van der Waals surface area contributed by atoms with Gasteiger partial charge in [-0.2, -0.15) is 13.2 Å². The lowest BCUT2D eigenvalue weighted by molar-refractivity contribution is -0.145.